The Bertz CT molecular complexity index is 354. The van der Waals surface area contributed by atoms with Gasteiger partial charge in [0.25, 0.3) is 0 Å². The van der Waals surface area contributed by atoms with Crippen LogP contribution in [0.5, 0.6) is 0 Å². The zero-order valence-corrected chi connectivity index (χ0v) is 10.8. The van der Waals surface area contributed by atoms with E-state index in [9.17, 15) is 5.11 Å². The van der Waals surface area contributed by atoms with Gasteiger partial charge < -0.3 is 10.4 Å². The summed E-state index contributed by atoms with van der Waals surface area (Å²) in [5, 5.41) is 13.1. The third kappa shape index (κ3) is 3.47. The molecule has 1 aromatic rings. The number of rotatable bonds is 3. The first-order valence-electron chi connectivity index (χ1n) is 6.69. The molecule has 2 heteroatoms. The second kappa shape index (κ2) is 5.54. The van der Waals surface area contributed by atoms with E-state index in [1.807, 2.05) is 0 Å². The maximum atomic E-state index is 9.48. The van der Waals surface area contributed by atoms with Crippen LogP contribution < -0.4 is 5.32 Å². The molecule has 1 saturated carbocycles. The number of aliphatic hydroxyl groups excluding tert-OH is 1. The lowest BCUT2D eigenvalue weighted by atomic mass is 9.93. The van der Waals surface area contributed by atoms with Gasteiger partial charge in [-0.15, -0.1) is 0 Å². The molecule has 0 amide bonds. The summed E-state index contributed by atoms with van der Waals surface area (Å²) in [7, 11) is 0. The first kappa shape index (κ1) is 12.4. The van der Waals surface area contributed by atoms with E-state index in [4.69, 9.17) is 0 Å². The van der Waals surface area contributed by atoms with Crippen molar-refractivity contribution in [2.24, 2.45) is 0 Å². The van der Waals surface area contributed by atoms with Crippen LogP contribution in [0.25, 0.3) is 0 Å². The predicted octanol–water partition coefficient (Wildman–Crippen LogP) is 3.53. The minimum Gasteiger partial charge on any atom is -0.393 e. The van der Waals surface area contributed by atoms with Gasteiger partial charge in [-0.3, -0.25) is 0 Å². The van der Waals surface area contributed by atoms with E-state index in [-0.39, 0.29) is 6.10 Å². The average molecular weight is 233 g/mol. The lowest BCUT2D eigenvalue weighted by Gasteiger charge is -2.27. The topological polar surface area (TPSA) is 32.3 Å². The highest BCUT2D eigenvalue weighted by molar-refractivity contribution is 5.47. The molecule has 0 bridgehead atoms. The fourth-order valence-electron chi connectivity index (χ4n) is 2.44. The molecule has 94 valence electrons. The summed E-state index contributed by atoms with van der Waals surface area (Å²) >= 11 is 0. The molecule has 1 aliphatic carbocycles. The van der Waals surface area contributed by atoms with Crippen molar-refractivity contribution in [3.05, 3.63) is 29.8 Å². The molecule has 0 aromatic heterocycles. The molecule has 2 rings (SSSR count). The summed E-state index contributed by atoms with van der Waals surface area (Å²) in [6.07, 6.45) is 3.94. The standard InChI is InChI=1S/C15H23NO/c1-11(2)12-4-3-5-14(10-12)16-13-6-8-15(17)9-7-13/h3-5,10-11,13,15-17H,6-9H2,1-2H3. The third-order valence-electron chi connectivity index (χ3n) is 3.62. The molecule has 0 aliphatic heterocycles. The van der Waals surface area contributed by atoms with E-state index in [2.05, 4.69) is 43.4 Å². The smallest absolute Gasteiger partial charge is 0.0541 e. The second-order valence-corrected chi connectivity index (χ2v) is 5.43. The van der Waals surface area contributed by atoms with Gasteiger partial charge in [0, 0.05) is 11.7 Å². The van der Waals surface area contributed by atoms with Gasteiger partial charge in [0.2, 0.25) is 0 Å². The summed E-state index contributed by atoms with van der Waals surface area (Å²) in [5.41, 5.74) is 2.60. The Kier molecular flexibility index (Phi) is 4.06. The lowest BCUT2D eigenvalue weighted by Crippen LogP contribution is -2.28. The molecule has 0 saturated heterocycles. The van der Waals surface area contributed by atoms with E-state index in [0.29, 0.717) is 12.0 Å². The molecule has 1 fully saturated rings. The van der Waals surface area contributed by atoms with Crippen molar-refractivity contribution in [3.8, 4) is 0 Å². The molecule has 1 aromatic carbocycles. The van der Waals surface area contributed by atoms with Crippen LogP contribution in [-0.4, -0.2) is 17.3 Å². The molecule has 0 radical (unpaired) electrons. The Morgan fingerprint density at radius 3 is 2.53 bits per heavy atom. The van der Waals surface area contributed by atoms with Crippen molar-refractivity contribution < 1.29 is 5.11 Å². The van der Waals surface area contributed by atoms with Gasteiger partial charge in [-0.25, -0.2) is 0 Å². The average Bonchev–Trinajstić information content (AvgIpc) is 2.32. The molecule has 17 heavy (non-hydrogen) atoms. The van der Waals surface area contributed by atoms with Crippen LogP contribution >= 0.6 is 0 Å². The molecular formula is C15H23NO. The second-order valence-electron chi connectivity index (χ2n) is 5.43. The maximum absolute atomic E-state index is 9.48. The van der Waals surface area contributed by atoms with Gasteiger partial charge in [-0.05, 0) is 49.3 Å². The molecule has 0 spiro atoms. The van der Waals surface area contributed by atoms with E-state index in [1.54, 1.807) is 0 Å². The van der Waals surface area contributed by atoms with E-state index in [1.165, 1.54) is 11.3 Å². The van der Waals surface area contributed by atoms with Crippen molar-refractivity contribution in [1.29, 1.82) is 0 Å². The minimum atomic E-state index is -0.0740. The van der Waals surface area contributed by atoms with Crippen molar-refractivity contribution in [3.63, 3.8) is 0 Å². The number of aliphatic hydroxyl groups is 1. The van der Waals surface area contributed by atoms with Crippen LogP contribution in [0, 0.1) is 0 Å². The van der Waals surface area contributed by atoms with E-state index < -0.39 is 0 Å². The Labute approximate surface area is 104 Å². The molecule has 0 atom stereocenters. The predicted molar refractivity (Wildman–Crippen MR) is 72.4 cm³/mol. The minimum absolute atomic E-state index is 0.0740. The number of hydrogen-bond donors (Lipinski definition) is 2. The summed E-state index contributed by atoms with van der Waals surface area (Å²) in [6, 6.07) is 9.21. The van der Waals surface area contributed by atoms with Gasteiger partial charge >= 0.3 is 0 Å². The van der Waals surface area contributed by atoms with Gasteiger partial charge in [0.1, 0.15) is 0 Å². The SMILES string of the molecule is CC(C)c1cccc(NC2CCC(O)CC2)c1. The summed E-state index contributed by atoms with van der Waals surface area (Å²) in [6.45, 7) is 4.44. The summed E-state index contributed by atoms with van der Waals surface area (Å²) < 4.78 is 0. The molecule has 0 heterocycles. The largest absolute Gasteiger partial charge is 0.393 e. The number of hydrogen-bond acceptors (Lipinski definition) is 2. The highest BCUT2D eigenvalue weighted by Gasteiger charge is 2.18. The van der Waals surface area contributed by atoms with Crippen LogP contribution in [0.3, 0.4) is 0 Å². The van der Waals surface area contributed by atoms with Gasteiger partial charge in [-0.1, -0.05) is 26.0 Å². The summed E-state index contributed by atoms with van der Waals surface area (Å²) in [5.74, 6) is 0.574. The van der Waals surface area contributed by atoms with Crippen molar-refractivity contribution >= 4 is 5.69 Å². The Balaban J connectivity index is 1.96. The monoisotopic (exact) mass is 233 g/mol. The highest BCUT2D eigenvalue weighted by atomic mass is 16.3. The quantitative estimate of drug-likeness (QED) is 0.837. The van der Waals surface area contributed by atoms with Crippen LogP contribution in [0.1, 0.15) is 51.0 Å². The number of benzene rings is 1. The zero-order chi connectivity index (χ0) is 12.3. The number of nitrogens with one attached hydrogen (secondary N) is 1. The first-order valence-corrected chi connectivity index (χ1v) is 6.69. The molecular weight excluding hydrogens is 210 g/mol. The molecule has 1 aliphatic rings. The lowest BCUT2D eigenvalue weighted by molar-refractivity contribution is 0.126. The van der Waals surface area contributed by atoms with Crippen LogP contribution in [-0.2, 0) is 0 Å². The van der Waals surface area contributed by atoms with Crippen LogP contribution in [0.4, 0.5) is 5.69 Å². The van der Waals surface area contributed by atoms with Gasteiger partial charge in [-0.2, -0.15) is 0 Å². The van der Waals surface area contributed by atoms with Crippen molar-refractivity contribution in [1.82, 2.24) is 0 Å². The Morgan fingerprint density at radius 2 is 1.88 bits per heavy atom. The molecule has 2 N–H and O–H groups in total. The highest BCUT2D eigenvalue weighted by Crippen LogP contribution is 2.24. The Hall–Kier alpha value is -1.02. The first-order chi connectivity index (χ1) is 8.15. The zero-order valence-electron chi connectivity index (χ0n) is 10.8. The van der Waals surface area contributed by atoms with Crippen LogP contribution in [0.2, 0.25) is 0 Å². The van der Waals surface area contributed by atoms with Gasteiger partial charge in [0.15, 0.2) is 0 Å². The normalized spacial score (nSPS) is 24.9. The van der Waals surface area contributed by atoms with Crippen molar-refractivity contribution in [2.75, 3.05) is 5.32 Å². The van der Waals surface area contributed by atoms with E-state index in [0.717, 1.165) is 25.7 Å². The summed E-state index contributed by atoms with van der Waals surface area (Å²) in [4.78, 5) is 0. The van der Waals surface area contributed by atoms with Gasteiger partial charge in [0.05, 0.1) is 6.10 Å². The third-order valence-corrected chi connectivity index (χ3v) is 3.62. The van der Waals surface area contributed by atoms with E-state index >= 15 is 0 Å². The maximum Gasteiger partial charge on any atom is 0.0541 e. The van der Waals surface area contributed by atoms with Crippen molar-refractivity contribution in [2.45, 2.75) is 57.6 Å². The van der Waals surface area contributed by atoms with Crippen LogP contribution in [0.15, 0.2) is 24.3 Å². The fraction of sp³-hybridized carbons (Fsp3) is 0.600. The fourth-order valence-corrected chi connectivity index (χ4v) is 2.44. The number of anilines is 1. The Morgan fingerprint density at radius 1 is 1.18 bits per heavy atom. The molecule has 2 nitrogen and oxygen atoms in total. The molecule has 0 unspecified atom stereocenters.